The smallest absolute Gasteiger partial charge is 0.270 e. The maximum atomic E-state index is 11.4. The number of para-hydroxylation sites is 2. The van der Waals surface area contributed by atoms with Gasteiger partial charge in [-0.15, -0.1) is 0 Å². The van der Waals surface area contributed by atoms with Gasteiger partial charge in [0.25, 0.3) is 5.69 Å². The van der Waals surface area contributed by atoms with Crippen LogP contribution < -0.4 is 4.74 Å². The highest BCUT2D eigenvalue weighted by molar-refractivity contribution is 5.86. The molecular formula is C25H21N5O3. The van der Waals surface area contributed by atoms with Gasteiger partial charge in [0.1, 0.15) is 11.6 Å². The number of benzene rings is 3. The lowest BCUT2D eigenvalue weighted by molar-refractivity contribution is -0.384. The summed E-state index contributed by atoms with van der Waals surface area (Å²) in [6.07, 6.45) is 2.06. The number of non-ortho nitro benzene ring substituents is 1. The molecule has 0 fully saturated rings. The zero-order valence-corrected chi connectivity index (χ0v) is 18.0. The highest BCUT2D eigenvalue weighted by Crippen LogP contribution is 2.30. The number of nitro benzene ring substituents is 1. The lowest BCUT2D eigenvalue weighted by Gasteiger charge is -2.11. The summed E-state index contributed by atoms with van der Waals surface area (Å²) in [5.74, 6) is 1.31. The number of rotatable bonds is 7. The molecule has 0 atom stereocenters. The molecule has 164 valence electrons. The summed E-state index contributed by atoms with van der Waals surface area (Å²) in [5, 5.41) is 11.4. The molecule has 0 radical (unpaired) electrons. The van der Waals surface area contributed by atoms with Crippen molar-refractivity contribution >= 4 is 28.0 Å². The van der Waals surface area contributed by atoms with Crippen molar-refractivity contribution in [1.29, 1.82) is 0 Å². The lowest BCUT2D eigenvalue weighted by atomic mass is 10.2. The second-order valence-electron chi connectivity index (χ2n) is 7.63. The van der Waals surface area contributed by atoms with Gasteiger partial charge in [0.15, 0.2) is 11.3 Å². The number of nitro groups is 1. The third-order valence-corrected chi connectivity index (χ3v) is 5.35. The number of nitrogens with zero attached hydrogens (tertiary/aromatic N) is 5. The van der Waals surface area contributed by atoms with Gasteiger partial charge in [0.05, 0.1) is 22.6 Å². The monoisotopic (exact) mass is 439 g/mol. The van der Waals surface area contributed by atoms with Gasteiger partial charge >= 0.3 is 0 Å². The predicted molar refractivity (Wildman–Crippen MR) is 127 cm³/mol. The molecule has 0 unspecified atom stereocenters. The van der Waals surface area contributed by atoms with Crippen LogP contribution in [0.25, 0.3) is 39.4 Å². The van der Waals surface area contributed by atoms with Gasteiger partial charge in [-0.3, -0.25) is 14.7 Å². The molecule has 5 rings (SSSR count). The van der Waals surface area contributed by atoms with Crippen LogP contribution in [-0.4, -0.2) is 31.0 Å². The number of unbranched alkanes of at least 4 members (excludes halogenated alkanes) is 1. The van der Waals surface area contributed by atoms with Crippen LogP contribution in [0.5, 0.6) is 5.75 Å². The molecule has 0 N–H and O–H groups in total. The Morgan fingerprint density at radius 2 is 1.70 bits per heavy atom. The van der Waals surface area contributed by atoms with E-state index in [2.05, 4.69) is 11.9 Å². The summed E-state index contributed by atoms with van der Waals surface area (Å²) >= 11 is 0. The minimum Gasteiger partial charge on any atom is -0.494 e. The minimum atomic E-state index is -0.413. The fourth-order valence-electron chi connectivity index (χ4n) is 3.68. The molecule has 2 heterocycles. The normalized spacial score (nSPS) is 11.2. The Labute approximate surface area is 189 Å². The Kier molecular flexibility index (Phi) is 5.40. The van der Waals surface area contributed by atoms with Gasteiger partial charge in [-0.1, -0.05) is 37.6 Å². The molecule has 5 aromatic rings. The summed E-state index contributed by atoms with van der Waals surface area (Å²) in [7, 11) is 0. The average Bonchev–Trinajstić information content (AvgIpc) is 3.21. The van der Waals surface area contributed by atoms with E-state index >= 15 is 0 Å². The van der Waals surface area contributed by atoms with Crippen molar-refractivity contribution in [3.8, 4) is 22.8 Å². The van der Waals surface area contributed by atoms with Crippen molar-refractivity contribution in [2.75, 3.05) is 6.61 Å². The second-order valence-corrected chi connectivity index (χ2v) is 7.63. The van der Waals surface area contributed by atoms with Crippen LogP contribution in [0.3, 0.4) is 0 Å². The SMILES string of the molecule is CCCCOc1ccc(-n2c(-c3cccc([N+](=O)[O-])c3)nc3nc4ccccc4nc32)cc1. The van der Waals surface area contributed by atoms with E-state index in [0.717, 1.165) is 35.3 Å². The molecule has 0 spiro atoms. The van der Waals surface area contributed by atoms with Crippen molar-refractivity contribution in [3.63, 3.8) is 0 Å². The summed E-state index contributed by atoms with van der Waals surface area (Å²) in [4.78, 5) is 25.2. The van der Waals surface area contributed by atoms with Crippen LogP contribution >= 0.6 is 0 Å². The number of ether oxygens (including phenoxy) is 1. The second kappa shape index (κ2) is 8.66. The lowest BCUT2D eigenvalue weighted by Crippen LogP contribution is -2.01. The summed E-state index contributed by atoms with van der Waals surface area (Å²) in [6.45, 7) is 2.79. The van der Waals surface area contributed by atoms with E-state index in [0.29, 0.717) is 29.3 Å². The predicted octanol–water partition coefficient (Wildman–Crippen LogP) is 5.72. The highest BCUT2D eigenvalue weighted by Gasteiger charge is 2.19. The van der Waals surface area contributed by atoms with Crippen LogP contribution in [0, 0.1) is 10.1 Å². The van der Waals surface area contributed by atoms with E-state index < -0.39 is 4.92 Å². The average molecular weight is 439 g/mol. The van der Waals surface area contributed by atoms with E-state index in [1.165, 1.54) is 12.1 Å². The molecule has 33 heavy (non-hydrogen) atoms. The zero-order chi connectivity index (χ0) is 22.8. The molecule has 0 aliphatic carbocycles. The Morgan fingerprint density at radius 1 is 0.939 bits per heavy atom. The number of aromatic nitrogens is 4. The first-order valence-corrected chi connectivity index (χ1v) is 10.8. The molecule has 8 nitrogen and oxygen atoms in total. The maximum absolute atomic E-state index is 11.4. The Balaban J connectivity index is 1.69. The third-order valence-electron chi connectivity index (χ3n) is 5.35. The first kappa shape index (κ1) is 20.6. The summed E-state index contributed by atoms with van der Waals surface area (Å²) in [6, 6.07) is 21.7. The van der Waals surface area contributed by atoms with Gasteiger partial charge in [-0.2, -0.15) is 0 Å². The fraction of sp³-hybridized carbons (Fsp3) is 0.160. The van der Waals surface area contributed by atoms with Gasteiger partial charge in [0.2, 0.25) is 0 Å². The third kappa shape index (κ3) is 3.98. The van der Waals surface area contributed by atoms with E-state index in [-0.39, 0.29) is 5.69 Å². The standard InChI is InChI=1S/C25H21N5O3/c1-2-3-15-33-20-13-11-18(12-14-20)29-24(17-7-6-8-19(16-17)30(31)32)28-23-25(29)27-22-10-5-4-9-21(22)26-23/h4-14,16H,2-3,15H2,1H3. The fourth-order valence-corrected chi connectivity index (χ4v) is 3.68. The van der Waals surface area contributed by atoms with E-state index in [1.54, 1.807) is 12.1 Å². The largest absolute Gasteiger partial charge is 0.494 e. The Morgan fingerprint density at radius 3 is 2.42 bits per heavy atom. The van der Waals surface area contributed by atoms with Crippen molar-refractivity contribution in [2.24, 2.45) is 0 Å². The molecule has 0 saturated heterocycles. The van der Waals surface area contributed by atoms with Crippen LogP contribution in [-0.2, 0) is 0 Å². The van der Waals surface area contributed by atoms with Crippen molar-refractivity contribution in [2.45, 2.75) is 19.8 Å². The number of hydrogen-bond donors (Lipinski definition) is 0. The first-order valence-electron chi connectivity index (χ1n) is 10.8. The molecule has 0 bridgehead atoms. The van der Waals surface area contributed by atoms with Crippen LogP contribution in [0.2, 0.25) is 0 Å². The zero-order valence-electron chi connectivity index (χ0n) is 18.0. The van der Waals surface area contributed by atoms with Gasteiger partial charge in [-0.25, -0.2) is 15.0 Å². The van der Waals surface area contributed by atoms with Crippen LogP contribution in [0.15, 0.2) is 72.8 Å². The summed E-state index contributed by atoms with van der Waals surface area (Å²) in [5.41, 5.74) is 3.95. The van der Waals surface area contributed by atoms with Crippen molar-refractivity contribution in [1.82, 2.24) is 19.5 Å². The Hall–Kier alpha value is -4.33. The minimum absolute atomic E-state index is 0.00291. The molecule has 0 saturated carbocycles. The van der Waals surface area contributed by atoms with E-state index in [1.807, 2.05) is 53.1 Å². The Bertz CT molecular complexity index is 1460. The molecule has 2 aromatic heterocycles. The van der Waals surface area contributed by atoms with Crippen molar-refractivity contribution < 1.29 is 9.66 Å². The molecule has 3 aromatic carbocycles. The van der Waals surface area contributed by atoms with Crippen LogP contribution in [0.4, 0.5) is 5.69 Å². The summed E-state index contributed by atoms with van der Waals surface area (Å²) < 4.78 is 7.67. The first-order chi connectivity index (χ1) is 16.1. The number of imidazole rings is 1. The molecular weight excluding hydrogens is 418 g/mol. The van der Waals surface area contributed by atoms with Gasteiger partial charge < -0.3 is 4.74 Å². The number of fused-ring (bicyclic) bond motifs is 2. The molecule has 0 amide bonds. The van der Waals surface area contributed by atoms with Crippen molar-refractivity contribution in [3.05, 3.63) is 82.9 Å². The highest BCUT2D eigenvalue weighted by atomic mass is 16.6. The molecule has 8 heteroatoms. The van der Waals surface area contributed by atoms with Gasteiger partial charge in [0, 0.05) is 23.4 Å². The van der Waals surface area contributed by atoms with Gasteiger partial charge in [-0.05, 0) is 42.8 Å². The molecule has 0 aliphatic heterocycles. The topological polar surface area (TPSA) is 96.0 Å². The maximum Gasteiger partial charge on any atom is 0.270 e. The van der Waals surface area contributed by atoms with E-state index in [9.17, 15) is 10.1 Å². The van der Waals surface area contributed by atoms with Crippen LogP contribution in [0.1, 0.15) is 19.8 Å². The molecule has 0 aliphatic rings. The van der Waals surface area contributed by atoms with E-state index in [4.69, 9.17) is 14.7 Å². The quantitative estimate of drug-likeness (QED) is 0.183. The number of hydrogen-bond acceptors (Lipinski definition) is 6.